The van der Waals surface area contributed by atoms with Crippen molar-refractivity contribution in [3.8, 4) is 0 Å². The number of aliphatic hydroxyl groups excluding tert-OH is 1. The SMILES string of the molecule is Cc1ccc(C)c(C(O)CS(=O)(=O)c2ccc(F)cc2)c1. The highest BCUT2D eigenvalue weighted by Crippen LogP contribution is 2.23. The Morgan fingerprint density at radius 2 is 1.71 bits per heavy atom. The van der Waals surface area contributed by atoms with Gasteiger partial charge in [-0.25, -0.2) is 12.8 Å². The molecule has 5 heteroatoms. The number of hydrogen-bond donors (Lipinski definition) is 1. The summed E-state index contributed by atoms with van der Waals surface area (Å²) in [6.45, 7) is 3.70. The lowest BCUT2D eigenvalue weighted by atomic mass is 10.0. The van der Waals surface area contributed by atoms with Gasteiger partial charge >= 0.3 is 0 Å². The molecule has 0 spiro atoms. The minimum absolute atomic E-state index is 0.00764. The molecule has 0 aliphatic rings. The van der Waals surface area contributed by atoms with Crippen LogP contribution in [0.15, 0.2) is 47.4 Å². The van der Waals surface area contributed by atoms with E-state index in [0.29, 0.717) is 5.56 Å². The van der Waals surface area contributed by atoms with E-state index in [1.165, 1.54) is 12.1 Å². The van der Waals surface area contributed by atoms with Gasteiger partial charge < -0.3 is 5.11 Å². The van der Waals surface area contributed by atoms with Crippen LogP contribution in [0.4, 0.5) is 4.39 Å². The van der Waals surface area contributed by atoms with Gasteiger partial charge in [-0.05, 0) is 49.2 Å². The molecule has 112 valence electrons. The highest BCUT2D eigenvalue weighted by atomic mass is 32.2. The van der Waals surface area contributed by atoms with Gasteiger partial charge in [-0.3, -0.25) is 0 Å². The Bertz CT molecular complexity index is 737. The van der Waals surface area contributed by atoms with Crippen LogP contribution in [-0.2, 0) is 9.84 Å². The summed E-state index contributed by atoms with van der Waals surface area (Å²) in [7, 11) is -3.67. The van der Waals surface area contributed by atoms with Crippen LogP contribution in [0.3, 0.4) is 0 Å². The average molecular weight is 308 g/mol. The van der Waals surface area contributed by atoms with E-state index in [-0.39, 0.29) is 4.90 Å². The van der Waals surface area contributed by atoms with Crippen molar-refractivity contribution in [2.24, 2.45) is 0 Å². The van der Waals surface area contributed by atoms with E-state index in [1.807, 2.05) is 26.0 Å². The Morgan fingerprint density at radius 3 is 2.33 bits per heavy atom. The summed E-state index contributed by atoms with van der Waals surface area (Å²) in [6.07, 6.45) is -1.11. The zero-order valence-electron chi connectivity index (χ0n) is 11.9. The van der Waals surface area contributed by atoms with E-state index in [1.54, 1.807) is 6.07 Å². The predicted octanol–water partition coefficient (Wildman–Crippen LogP) is 2.95. The number of halogens is 1. The Balaban J connectivity index is 2.27. The molecule has 2 aromatic carbocycles. The first kappa shape index (κ1) is 15.7. The first-order valence-electron chi connectivity index (χ1n) is 6.53. The summed E-state index contributed by atoms with van der Waals surface area (Å²) in [6, 6.07) is 10.1. The van der Waals surface area contributed by atoms with Crippen molar-refractivity contribution in [1.29, 1.82) is 0 Å². The van der Waals surface area contributed by atoms with Crippen molar-refractivity contribution in [2.45, 2.75) is 24.8 Å². The second kappa shape index (κ2) is 5.95. The third-order valence-electron chi connectivity index (χ3n) is 3.34. The lowest BCUT2D eigenvalue weighted by Gasteiger charge is -2.15. The topological polar surface area (TPSA) is 54.4 Å². The van der Waals surface area contributed by atoms with Gasteiger partial charge in [-0.2, -0.15) is 0 Å². The van der Waals surface area contributed by atoms with Gasteiger partial charge in [0.1, 0.15) is 5.82 Å². The quantitative estimate of drug-likeness (QED) is 0.884. The average Bonchev–Trinajstić information content (AvgIpc) is 2.41. The maximum Gasteiger partial charge on any atom is 0.181 e. The van der Waals surface area contributed by atoms with Crippen LogP contribution in [0.1, 0.15) is 22.8 Å². The molecule has 0 heterocycles. The Hall–Kier alpha value is -1.72. The fourth-order valence-corrected chi connectivity index (χ4v) is 3.49. The minimum atomic E-state index is -3.67. The van der Waals surface area contributed by atoms with Gasteiger partial charge in [0, 0.05) is 0 Å². The lowest BCUT2D eigenvalue weighted by molar-refractivity contribution is 0.201. The van der Waals surface area contributed by atoms with Gasteiger partial charge in [-0.15, -0.1) is 0 Å². The molecule has 1 N–H and O–H groups in total. The molecule has 2 aromatic rings. The second-order valence-corrected chi connectivity index (χ2v) is 7.15. The number of sulfone groups is 1. The molecule has 0 saturated carbocycles. The second-order valence-electron chi connectivity index (χ2n) is 5.11. The standard InChI is InChI=1S/C16H17FO3S/c1-11-3-4-12(2)15(9-11)16(18)10-21(19,20)14-7-5-13(17)6-8-14/h3-9,16,18H,10H2,1-2H3. The van der Waals surface area contributed by atoms with E-state index in [9.17, 15) is 17.9 Å². The maximum atomic E-state index is 12.9. The van der Waals surface area contributed by atoms with E-state index in [0.717, 1.165) is 23.3 Å². The minimum Gasteiger partial charge on any atom is -0.387 e. The van der Waals surface area contributed by atoms with Crippen molar-refractivity contribution in [1.82, 2.24) is 0 Å². The molecular weight excluding hydrogens is 291 g/mol. The molecule has 21 heavy (non-hydrogen) atoms. The maximum absolute atomic E-state index is 12.9. The normalized spacial score (nSPS) is 13.1. The molecule has 0 fully saturated rings. The Kier molecular flexibility index (Phi) is 4.44. The van der Waals surface area contributed by atoms with Crippen LogP contribution in [0.25, 0.3) is 0 Å². The first-order valence-corrected chi connectivity index (χ1v) is 8.18. The van der Waals surface area contributed by atoms with Gasteiger partial charge in [-0.1, -0.05) is 23.8 Å². The molecule has 1 atom stereocenters. The third kappa shape index (κ3) is 3.68. The van der Waals surface area contributed by atoms with Crippen LogP contribution >= 0.6 is 0 Å². The molecular formula is C16H17FO3S. The number of hydrogen-bond acceptors (Lipinski definition) is 3. The smallest absolute Gasteiger partial charge is 0.181 e. The largest absolute Gasteiger partial charge is 0.387 e. The summed E-state index contributed by atoms with van der Waals surface area (Å²) >= 11 is 0. The molecule has 0 saturated heterocycles. The van der Waals surface area contributed by atoms with Crippen LogP contribution in [0.5, 0.6) is 0 Å². The van der Waals surface area contributed by atoms with Crippen molar-refractivity contribution in [2.75, 3.05) is 5.75 Å². The molecule has 0 aromatic heterocycles. The number of benzene rings is 2. The van der Waals surface area contributed by atoms with E-state index < -0.39 is 27.5 Å². The zero-order chi connectivity index (χ0) is 15.6. The van der Waals surface area contributed by atoms with Gasteiger partial charge in [0.15, 0.2) is 9.84 Å². The highest BCUT2D eigenvalue weighted by molar-refractivity contribution is 7.91. The monoisotopic (exact) mass is 308 g/mol. The molecule has 1 unspecified atom stereocenters. The van der Waals surface area contributed by atoms with Crippen LogP contribution in [0.2, 0.25) is 0 Å². The Morgan fingerprint density at radius 1 is 1.10 bits per heavy atom. The van der Waals surface area contributed by atoms with Crippen molar-refractivity contribution < 1.29 is 17.9 Å². The highest BCUT2D eigenvalue weighted by Gasteiger charge is 2.22. The van der Waals surface area contributed by atoms with Crippen molar-refractivity contribution in [3.05, 3.63) is 65.0 Å². The first-order chi connectivity index (χ1) is 9.79. The number of rotatable bonds is 4. The molecule has 0 aliphatic carbocycles. The molecule has 0 amide bonds. The molecule has 0 aliphatic heterocycles. The lowest BCUT2D eigenvalue weighted by Crippen LogP contribution is -2.15. The van der Waals surface area contributed by atoms with E-state index in [4.69, 9.17) is 0 Å². The number of aliphatic hydroxyl groups is 1. The van der Waals surface area contributed by atoms with Crippen LogP contribution in [0, 0.1) is 19.7 Å². The fourth-order valence-electron chi connectivity index (χ4n) is 2.15. The summed E-state index contributed by atoms with van der Waals surface area (Å²) in [5, 5.41) is 10.2. The molecule has 2 rings (SSSR count). The van der Waals surface area contributed by atoms with Crippen LogP contribution in [-0.4, -0.2) is 19.3 Å². The predicted molar refractivity (Wildman–Crippen MR) is 79.3 cm³/mol. The van der Waals surface area contributed by atoms with Gasteiger partial charge in [0.2, 0.25) is 0 Å². The fraction of sp³-hybridized carbons (Fsp3) is 0.250. The Labute approximate surface area is 124 Å². The van der Waals surface area contributed by atoms with Crippen LogP contribution < -0.4 is 0 Å². The molecule has 0 bridgehead atoms. The molecule has 3 nitrogen and oxygen atoms in total. The molecule has 0 radical (unpaired) electrons. The van der Waals surface area contributed by atoms with Gasteiger partial charge in [0.25, 0.3) is 0 Å². The zero-order valence-corrected chi connectivity index (χ0v) is 12.7. The van der Waals surface area contributed by atoms with E-state index >= 15 is 0 Å². The number of aryl methyl sites for hydroxylation is 2. The van der Waals surface area contributed by atoms with E-state index in [2.05, 4.69) is 0 Å². The van der Waals surface area contributed by atoms with Crippen molar-refractivity contribution in [3.63, 3.8) is 0 Å². The summed E-state index contributed by atoms with van der Waals surface area (Å²) < 4.78 is 37.3. The summed E-state index contributed by atoms with van der Waals surface area (Å²) in [5.74, 6) is -0.924. The summed E-state index contributed by atoms with van der Waals surface area (Å²) in [4.78, 5) is 0.00764. The third-order valence-corrected chi connectivity index (χ3v) is 5.09. The summed E-state index contributed by atoms with van der Waals surface area (Å²) in [5.41, 5.74) is 2.39. The van der Waals surface area contributed by atoms with Crippen molar-refractivity contribution >= 4 is 9.84 Å². The van der Waals surface area contributed by atoms with Gasteiger partial charge in [0.05, 0.1) is 16.8 Å².